The van der Waals surface area contributed by atoms with Gasteiger partial charge in [0.2, 0.25) is 17.7 Å². The number of carboxylic acids is 1. The van der Waals surface area contributed by atoms with E-state index in [4.69, 9.17) is 5.73 Å². The number of rotatable bonds is 15. The summed E-state index contributed by atoms with van der Waals surface area (Å²) in [5.74, 6) is -2.87. The van der Waals surface area contributed by atoms with Gasteiger partial charge in [-0.25, -0.2) is 9.78 Å². The molecule has 13 nitrogen and oxygen atoms in total. The summed E-state index contributed by atoms with van der Waals surface area (Å²) in [6, 6.07) is 10.7. The Morgan fingerprint density at radius 2 is 1.26 bits per heavy atom. The second kappa shape index (κ2) is 14.8. The molecule has 3 aromatic heterocycles. The summed E-state index contributed by atoms with van der Waals surface area (Å²) >= 11 is 0. The van der Waals surface area contributed by atoms with Gasteiger partial charge in [0.1, 0.15) is 18.1 Å². The molecule has 0 bridgehead atoms. The van der Waals surface area contributed by atoms with Gasteiger partial charge in [0.05, 0.1) is 12.4 Å². The minimum Gasteiger partial charge on any atom is -0.480 e. The maximum absolute atomic E-state index is 14.1. The highest BCUT2D eigenvalue weighted by atomic mass is 16.4. The van der Waals surface area contributed by atoms with E-state index in [0.29, 0.717) is 12.1 Å². The van der Waals surface area contributed by atoms with Crippen LogP contribution in [0, 0.1) is 5.92 Å². The molecule has 3 heterocycles. The average Bonchev–Trinajstić information content (AvgIpc) is 3.80. The van der Waals surface area contributed by atoms with Crippen molar-refractivity contribution in [3.63, 3.8) is 0 Å². The predicted molar refractivity (Wildman–Crippen MR) is 177 cm³/mol. The lowest BCUT2D eigenvalue weighted by Gasteiger charge is -2.25. The van der Waals surface area contributed by atoms with E-state index in [-0.39, 0.29) is 25.2 Å². The molecule has 13 heteroatoms. The van der Waals surface area contributed by atoms with Crippen molar-refractivity contribution in [2.45, 2.75) is 63.7 Å². The summed E-state index contributed by atoms with van der Waals surface area (Å²) in [6.07, 6.45) is 7.00. The van der Waals surface area contributed by atoms with Crippen molar-refractivity contribution in [3.05, 3.63) is 90.3 Å². The lowest BCUT2D eigenvalue weighted by atomic mass is 10.00. The number of benzene rings is 2. The highest BCUT2D eigenvalue weighted by molar-refractivity contribution is 5.95. The number of aromatic amines is 3. The second-order valence-electron chi connectivity index (χ2n) is 12.2. The van der Waals surface area contributed by atoms with E-state index in [1.807, 2.05) is 62.4 Å². The van der Waals surface area contributed by atoms with Crippen molar-refractivity contribution >= 4 is 45.5 Å². The predicted octanol–water partition coefficient (Wildman–Crippen LogP) is 2.31. The first-order valence-corrected chi connectivity index (χ1v) is 15.6. The first-order valence-electron chi connectivity index (χ1n) is 15.6. The van der Waals surface area contributed by atoms with Crippen LogP contribution in [0.2, 0.25) is 0 Å². The lowest BCUT2D eigenvalue weighted by molar-refractivity contribution is -0.142. The average molecular weight is 641 g/mol. The van der Waals surface area contributed by atoms with Crippen LogP contribution in [0.5, 0.6) is 0 Å². The fraction of sp³-hybridized carbons (Fsp3) is 0.324. The zero-order chi connectivity index (χ0) is 33.5. The van der Waals surface area contributed by atoms with Crippen molar-refractivity contribution in [1.29, 1.82) is 0 Å². The Hall–Kier alpha value is -5.43. The SMILES string of the molecule is CC(C)CC(N)C(=O)NC(Cc1c[nH]c2ccccc12)C(=O)NC(Cc1c[nH]c2ccccc12)C(=O)NC(Cc1cnc[nH]1)C(=O)O. The van der Waals surface area contributed by atoms with Crippen LogP contribution < -0.4 is 21.7 Å². The van der Waals surface area contributed by atoms with E-state index in [1.54, 1.807) is 12.4 Å². The van der Waals surface area contributed by atoms with E-state index >= 15 is 0 Å². The molecule has 5 rings (SSSR count). The van der Waals surface area contributed by atoms with E-state index in [9.17, 15) is 24.3 Å². The normalized spacial score (nSPS) is 14.0. The van der Waals surface area contributed by atoms with Gasteiger partial charge in [-0.2, -0.15) is 0 Å². The molecule has 0 aliphatic rings. The standard InChI is InChI=1S/C34H40N8O5/c1-19(2)11-25(35)31(43)40-28(12-20-15-37-26-9-5-3-7-23(20)26)32(44)41-29(13-21-16-38-27-10-6-4-8-24(21)27)33(45)42-30(34(46)47)14-22-17-36-18-39-22/h3-10,15-19,25,28-30,37-38H,11-14,35H2,1-2H3,(H,36,39)(H,40,43)(H,41,44)(H,42,45)(H,46,47). The molecule has 0 aliphatic heterocycles. The maximum atomic E-state index is 14.1. The molecule has 0 saturated heterocycles. The minimum absolute atomic E-state index is 0.0399. The van der Waals surface area contributed by atoms with E-state index in [2.05, 4.69) is 35.9 Å². The molecule has 0 fully saturated rings. The third-order valence-electron chi connectivity index (χ3n) is 8.12. The summed E-state index contributed by atoms with van der Waals surface area (Å²) in [6.45, 7) is 3.90. The fourth-order valence-corrected chi connectivity index (χ4v) is 5.71. The van der Waals surface area contributed by atoms with E-state index in [1.165, 1.54) is 12.5 Å². The molecule has 246 valence electrons. The van der Waals surface area contributed by atoms with E-state index < -0.39 is 47.9 Å². The number of aromatic nitrogens is 4. The Labute approximate surface area is 271 Å². The van der Waals surface area contributed by atoms with Gasteiger partial charge in [-0.15, -0.1) is 0 Å². The summed E-state index contributed by atoms with van der Waals surface area (Å²) in [7, 11) is 0. The van der Waals surface area contributed by atoms with Crippen LogP contribution >= 0.6 is 0 Å². The van der Waals surface area contributed by atoms with Gasteiger partial charge >= 0.3 is 5.97 Å². The van der Waals surface area contributed by atoms with Crippen LogP contribution in [0.3, 0.4) is 0 Å². The molecule has 4 unspecified atom stereocenters. The van der Waals surface area contributed by atoms with Gasteiger partial charge < -0.3 is 41.7 Å². The quantitative estimate of drug-likeness (QED) is 0.0855. The van der Waals surface area contributed by atoms with Crippen LogP contribution in [0.1, 0.15) is 37.1 Å². The highest BCUT2D eigenvalue weighted by Crippen LogP contribution is 2.21. The fourth-order valence-electron chi connectivity index (χ4n) is 5.71. The minimum atomic E-state index is -1.29. The number of carbonyl (C=O) groups excluding carboxylic acids is 3. The molecule has 47 heavy (non-hydrogen) atoms. The van der Waals surface area contributed by atoms with Gasteiger partial charge in [0, 0.05) is 65.4 Å². The number of para-hydroxylation sites is 2. The van der Waals surface area contributed by atoms with Gasteiger partial charge in [0.15, 0.2) is 0 Å². The van der Waals surface area contributed by atoms with Crippen molar-refractivity contribution < 1.29 is 24.3 Å². The molecule has 0 aliphatic carbocycles. The molecule has 4 atom stereocenters. The number of hydrogen-bond acceptors (Lipinski definition) is 6. The zero-order valence-corrected chi connectivity index (χ0v) is 26.2. The van der Waals surface area contributed by atoms with Crippen LogP contribution in [-0.4, -0.2) is 72.9 Å². The Kier molecular flexibility index (Phi) is 10.4. The zero-order valence-electron chi connectivity index (χ0n) is 26.2. The summed E-state index contributed by atoms with van der Waals surface area (Å²) in [5.41, 5.74) is 9.96. The number of carbonyl (C=O) groups is 4. The number of carboxylic acid groups (broad SMARTS) is 1. The first-order chi connectivity index (χ1) is 22.6. The number of nitrogens with zero attached hydrogens (tertiary/aromatic N) is 1. The monoisotopic (exact) mass is 640 g/mol. The Morgan fingerprint density at radius 1 is 0.745 bits per heavy atom. The summed E-state index contributed by atoms with van der Waals surface area (Å²) < 4.78 is 0. The molecule has 0 spiro atoms. The van der Waals surface area contributed by atoms with Gasteiger partial charge in [-0.3, -0.25) is 14.4 Å². The topological polar surface area (TPSA) is 211 Å². The molecular weight excluding hydrogens is 600 g/mol. The Morgan fingerprint density at radius 3 is 1.74 bits per heavy atom. The van der Waals surface area contributed by atoms with Crippen LogP contribution in [-0.2, 0) is 38.4 Å². The van der Waals surface area contributed by atoms with E-state index in [0.717, 1.165) is 32.9 Å². The molecule has 2 aromatic carbocycles. The van der Waals surface area contributed by atoms with Crippen LogP contribution in [0.15, 0.2) is 73.4 Å². The largest absolute Gasteiger partial charge is 0.480 e. The number of nitrogens with one attached hydrogen (secondary N) is 6. The van der Waals surface area contributed by atoms with Crippen molar-refractivity contribution in [1.82, 2.24) is 35.9 Å². The van der Waals surface area contributed by atoms with Gasteiger partial charge in [-0.05, 0) is 35.6 Å². The third kappa shape index (κ3) is 8.24. The number of nitrogens with two attached hydrogens (primary N) is 1. The number of hydrogen-bond donors (Lipinski definition) is 8. The second-order valence-corrected chi connectivity index (χ2v) is 12.2. The van der Waals surface area contributed by atoms with Gasteiger partial charge in [0.25, 0.3) is 0 Å². The lowest BCUT2D eigenvalue weighted by Crippen LogP contribution is -2.58. The highest BCUT2D eigenvalue weighted by Gasteiger charge is 2.32. The Balaban J connectivity index is 1.43. The first kappa shape index (κ1) is 32.9. The maximum Gasteiger partial charge on any atom is 0.326 e. The molecular formula is C34H40N8O5. The van der Waals surface area contributed by atoms with Crippen molar-refractivity contribution in [2.24, 2.45) is 11.7 Å². The number of amides is 3. The number of imidazole rings is 1. The molecule has 9 N–H and O–H groups in total. The van der Waals surface area contributed by atoms with Crippen LogP contribution in [0.4, 0.5) is 0 Å². The van der Waals surface area contributed by atoms with Crippen molar-refractivity contribution in [2.75, 3.05) is 0 Å². The van der Waals surface area contributed by atoms with Crippen molar-refractivity contribution in [3.8, 4) is 0 Å². The Bertz CT molecular complexity index is 1840. The number of aliphatic carboxylic acids is 1. The van der Waals surface area contributed by atoms with Gasteiger partial charge in [-0.1, -0.05) is 50.2 Å². The number of H-pyrrole nitrogens is 3. The smallest absolute Gasteiger partial charge is 0.326 e. The summed E-state index contributed by atoms with van der Waals surface area (Å²) in [5, 5.41) is 19.9. The summed E-state index contributed by atoms with van der Waals surface area (Å²) in [4.78, 5) is 66.4. The molecule has 0 saturated carbocycles. The third-order valence-corrected chi connectivity index (χ3v) is 8.12. The number of fused-ring (bicyclic) bond motifs is 2. The molecule has 0 radical (unpaired) electrons. The molecule has 3 amide bonds. The molecule has 5 aromatic rings. The van der Waals surface area contributed by atoms with Crippen LogP contribution in [0.25, 0.3) is 21.8 Å².